The molecule has 0 aromatic heterocycles. The smallest absolute Gasteiger partial charge is 0.314 e. The van der Waals surface area contributed by atoms with Crippen LogP contribution in [0, 0.1) is 10.1 Å². The summed E-state index contributed by atoms with van der Waals surface area (Å²) in [6.45, 7) is 10.4. The number of aromatic hydroxyl groups is 1. The van der Waals surface area contributed by atoms with Crippen molar-refractivity contribution in [3.63, 3.8) is 0 Å². The van der Waals surface area contributed by atoms with Crippen LogP contribution in [-0.2, 0) is 0 Å². The molecule has 0 bridgehead atoms. The summed E-state index contributed by atoms with van der Waals surface area (Å²) in [5.74, 6) is 0.0914. The molecule has 0 aliphatic heterocycles. The van der Waals surface area contributed by atoms with Crippen LogP contribution in [0.1, 0.15) is 20.8 Å². The Labute approximate surface area is 108 Å². The summed E-state index contributed by atoms with van der Waals surface area (Å²) in [6.07, 6.45) is 0. The van der Waals surface area contributed by atoms with E-state index >= 15 is 0 Å². The molecule has 0 unspecified atom stereocenters. The quantitative estimate of drug-likeness (QED) is 0.516. The highest BCUT2D eigenvalue weighted by molar-refractivity contribution is 6.74. The highest BCUT2D eigenvalue weighted by Gasteiger charge is 2.39. The van der Waals surface area contributed by atoms with Crippen LogP contribution < -0.4 is 4.43 Å². The van der Waals surface area contributed by atoms with Crippen LogP contribution in [0.4, 0.5) is 5.69 Å². The molecular weight excluding hydrogens is 250 g/mol. The Balaban J connectivity index is 3.07. The molecule has 0 spiro atoms. The second-order valence-electron chi connectivity index (χ2n) is 5.77. The van der Waals surface area contributed by atoms with E-state index in [0.717, 1.165) is 0 Å². The molecule has 0 saturated carbocycles. The van der Waals surface area contributed by atoms with Crippen molar-refractivity contribution < 1.29 is 14.5 Å². The van der Waals surface area contributed by atoms with Crippen LogP contribution in [0.25, 0.3) is 0 Å². The van der Waals surface area contributed by atoms with Crippen molar-refractivity contribution in [1.82, 2.24) is 0 Å². The molecule has 0 saturated heterocycles. The summed E-state index contributed by atoms with van der Waals surface area (Å²) in [5, 5.41) is 20.1. The first-order chi connectivity index (χ1) is 8.04. The number of phenolic OH excluding ortho intramolecular Hbond substituents is 1. The van der Waals surface area contributed by atoms with E-state index < -0.39 is 13.2 Å². The summed E-state index contributed by atoms with van der Waals surface area (Å²) < 4.78 is 5.94. The number of rotatable bonds is 3. The van der Waals surface area contributed by atoms with Gasteiger partial charge in [-0.15, -0.1) is 0 Å². The summed E-state index contributed by atoms with van der Waals surface area (Å²) in [6, 6.07) is 4.12. The van der Waals surface area contributed by atoms with E-state index in [-0.39, 0.29) is 16.5 Å². The standard InChI is InChI=1S/C12H19NO4Si/c1-12(2,3)18(4,5)17-9-6-7-11(14)10(8-9)13(15)16/h6-8,14H,1-5H3. The Morgan fingerprint density at radius 2 is 1.89 bits per heavy atom. The highest BCUT2D eigenvalue weighted by atomic mass is 28.4. The predicted molar refractivity (Wildman–Crippen MR) is 72.6 cm³/mol. The summed E-state index contributed by atoms with van der Waals surface area (Å²) in [7, 11) is -2.03. The summed E-state index contributed by atoms with van der Waals surface area (Å²) in [5.41, 5.74) is -0.328. The van der Waals surface area contributed by atoms with Gasteiger partial charge in [0.1, 0.15) is 5.75 Å². The van der Waals surface area contributed by atoms with Gasteiger partial charge in [-0.3, -0.25) is 10.1 Å². The first-order valence-electron chi connectivity index (χ1n) is 5.71. The fraction of sp³-hybridized carbons (Fsp3) is 0.500. The number of benzene rings is 1. The van der Waals surface area contributed by atoms with Crippen molar-refractivity contribution in [2.45, 2.75) is 38.9 Å². The number of phenols is 1. The van der Waals surface area contributed by atoms with Crippen LogP contribution in [0.3, 0.4) is 0 Å². The molecule has 0 aliphatic carbocycles. The van der Waals surface area contributed by atoms with Gasteiger partial charge in [-0.05, 0) is 30.3 Å². The lowest BCUT2D eigenvalue weighted by Gasteiger charge is -2.36. The molecule has 6 heteroatoms. The van der Waals surface area contributed by atoms with Crippen LogP contribution >= 0.6 is 0 Å². The van der Waals surface area contributed by atoms with Gasteiger partial charge in [0.05, 0.1) is 11.0 Å². The Kier molecular flexibility index (Phi) is 3.71. The van der Waals surface area contributed by atoms with Crippen molar-refractivity contribution >= 4 is 14.0 Å². The van der Waals surface area contributed by atoms with Crippen LogP contribution in [0.15, 0.2) is 18.2 Å². The average molecular weight is 269 g/mol. The molecule has 0 amide bonds. The third kappa shape index (κ3) is 3.01. The lowest BCUT2D eigenvalue weighted by Crippen LogP contribution is -2.43. The van der Waals surface area contributed by atoms with Crippen LogP contribution in [-0.4, -0.2) is 18.3 Å². The fourth-order valence-corrected chi connectivity index (χ4v) is 2.18. The first kappa shape index (κ1) is 14.5. The van der Waals surface area contributed by atoms with E-state index in [1.54, 1.807) is 6.07 Å². The zero-order valence-electron chi connectivity index (χ0n) is 11.4. The maximum atomic E-state index is 10.7. The van der Waals surface area contributed by atoms with Gasteiger partial charge in [-0.25, -0.2) is 0 Å². The maximum Gasteiger partial charge on any atom is 0.314 e. The monoisotopic (exact) mass is 269 g/mol. The molecule has 1 rings (SSSR count). The maximum absolute atomic E-state index is 10.7. The molecule has 1 aromatic rings. The predicted octanol–water partition coefficient (Wildman–Crippen LogP) is 3.68. The van der Waals surface area contributed by atoms with Crippen molar-refractivity contribution in [2.75, 3.05) is 0 Å². The minimum atomic E-state index is -2.03. The Morgan fingerprint density at radius 3 is 2.33 bits per heavy atom. The van der Waals surface area contributed by atoms with E-state index in [9.17, 15) is 15.2 Å². The highest BCUT2D eigenvalue weighted by Crippen LogP contribution is 2.39. The van der Waals surface area contributed by atoms with E-state index in [1.807, 2.05) is 0 Å². The van der Waals surface area contributed by atoms with Gasteiger partial charge in [0.25, 0.3) is 0 Å². The topological polar surface area (TPSA) is 72.6 Å². The number of nitrogens with zero attached hydrogens (tertiary/aromatic N) is 1. The number of hydrogen-bond acceptors (Lipinski definition) is 4. The van der Waals surface area contributed by atoms with Crippen molar-refractivity contribution in [2.24, 2.45) is 0 Å². The first-order valence-corrected chi connectivity index (χ1v) is 8.62. The number of nitro benzene ring substituents is 1. The van der Waals surface area contributed by atoms with Gasteiger partial charge in [-0.2, -0.15) is 0 Å². The number of nitro groups is 1. The van der Waals surface area contributed by atoms with Gasteiger partial charge >= 0.3 is 5.69 Å². The molecule has 100 valence electrons. The van der Waals surface area contributed by atoms with Crippen molar-refractivity contribution in [3.05, 3.63) is 28.3 Å². The van der Waals surface area contributed by atoms with Gasteiger partial charge in [0.2, 0.25) is 8.32 Å². The van der Waals surface area contributed by atoms with E-state index in [4.69, 9.17) is 4.43 Å². The second-order valence-corrected chi connectivity index (χ2v) is 10.5. The van der Waals surface area contributed by atoms with E-state index in [2.05, 4.69) is 33.9 Å². The van der Waals surface area contributed by atoms with Gasteiger partial charge in [-0.1, -0.05) is 20.8 Å². The summed E-state index contributed by atoms with van der Waals surface area (Å²) >= 11 is 0. The minimum Gasteiger partial charge on any atom is -0.543 e. The fourth-order valence-electron chi connectivity index (χ4n) is 1.16. The Morgan fingerprint density at radius 1 is 1.33 bits per heavy atom. The van der Waals surface area contributed by atoms with Crippen molar-refractivity contribution in [1.29, 1.82) is 0 Å². The van der Waals surface area contributed by atoms with E-state index in [1.165, 1.54) is 12.1 Å². The molecule has 1 N–H and O–H groups in total. The van der Waals surface area contributed by atoms with Crippen LogP contribution in [0.2, 0.25) is 18.1 Å². The van der Waals surface area contributed by atoms with E-state index in [0.29, 0.717) is 5.75 Å². The number of hydrogen-bond donors (Lipinski definition) is 1. The molecule has 0 aliphatic rings. The molecular formula is C12H19NO4Si. The Hall–Kier alpha value is -1.56. The minimum absolute atomic E-state index is 0.0136. The molecule has 0 heterocycles. The zero-order chi connectivity index (χ0) is 14.1. The van der Waals surface area contributed by atoms with Gasteiger partial charge in [0.15, 0.2) is 5.75 Å². The average Bonchev–Trinajstić information content (AvgIpc) is 2.18. The largest absolute Gasteiger partial charge is 0.543 e. The van der Waals surface area contributed by atoms with Gasteiger partial charge < -0.3 is 9.53 Å². The molecule has 0 atom stereocenters. The molecule has 18 heavy (non-hydrogen) atoms. The van der Waals surface area contributed by atoms with Gasteiger partial charge in [0, 0.05) is 0 Å². The Bertz CT molecular complexity index is 466. The van der Waals surface area contributed by atoms with Crippen LogP contribution in [0.5, 0.6) is 11.5 Å². The lowest BCUT2D eigenvalue weighted by atomic mass is 10.2. The molecule has 0 radical (unpaired) electrons. The zero-order valence-corrected chi connectivity index (χ0v) is 12.4. The molecule has 5 nitrogen and oxygen atoms in total. The third-order valence-electron chi connectivity index (χ3n) is 3.32. The molecule has 0 fully saturated rings. The normalized spacial score (nSPS) is 12.3. The molecule has 1 aromatic carbocycles. The summed E-state index contributed by atoms with van der Waals surface area (Å²) in [4.78, 5) is 10.1. The third-order valence-corrected chi connectivity index (χ3v) is 7.68. The second kappa shape index (κ2) is 4.60. The van der Waals surface area contributed by atoms with Crippen molar-refractivity contribution in [3.8, 4) is 11.5 Å². The lowest BCUT2D eigenvalue weighted by molar-refractivity contribution is -0.385. The SMILES string of the molecule is CC(C)(C)[Si](C)(C)Oc1ccc(O)c([N+](=O)[O-])c1.